The first-order chi connectivity index (χ1) is 13.3. The summed E-state index contributed by atoms with van der Waals surface area (Å²) in [6.07, 6.45) is 13.9. The highest BCUT2D eigenvalue weighted by atomic mass is 32.1. The van der Waals surface area contributed by atoms with E-state index in [1.165, 1.54) is 0 Å². The second-order valence-electron chi connectivity index (χ2n) is 6.47. The lowest BCUT2D eigenvalue weighted by Gasteiger charge is -2.17. The van der Waals surface area contributed by atoms with Gasteiger partial charge in [-0.3, -0.25) is 19.4 Å². The van der Waals surface area contributed by atoms with E-state index in [1.54, 1.807) is 29.9 Å². The molecule has 0 saturated carbocycles. The summed E-state index contributed by atoms with van der Waals surface area (Å²) in [5.41, 5.74) is 2.76. The van der Waals surface area contributed by atoms with Crippen LogP contribution in [-0.2, 0) is 11.3 Å². The number of thiophene rings is 1. The van der Waals surface area contributed by atoms with Crippen molar-refractivity contribution in [3.63, 3.8) is 0 Å². The molecule has 0 aromatic carbocycles. The van der Waals surface area contributed by atoms with Crippen molar-refractivity contribution in [3.05, 3.63) is 54.5 Å². The number of nitrogens with one attached hydrogen (secondary N) is 1. The Morgan fingerprint density at radius 3 is 3.00 bits per heavy atom. The number of aromatic nitrogens is 4. The smallest absolute Gasteiger partial charge is 0.223 e. The highest BCUT2D eigenvalue weighted by molar-refractivity contribution is 7.13. The van der Waals surface area contributed by atoms with Crippen LogP contribution in [0.4, 0.5) is 0 Å². The Hall–Kier alpha value is -2.80. The Kier molecular flexibility index (Phi) is 5.39. The maximum atomic E-state index is 12.3. The van der Waals surface area contributed by atoms with Gasteiger partial charge in [-0.1, -0.05) is 18.2 Å². The van der Waals surface area contributed by atoms with Gasteiger partial charge in [0.15, 0.2) is 0 Å². The Balaban J connectivity index is 1.50. The molecule has 1 N–H and O–H groups in total. The van der Waals surface area contributed by atoms with Crippen LogP contribution in [0.3, 0.4) is 0 Å². The summed E-state index contributed by atoms with van der Waals surface area (Å²) in [5.74, 6) is 0.234. The zero-order valence-electron chi connectivity index (χ0n) is 14.9. The van der Waals surface area contributed by atoms with E-state index >= 15 is 0 Å². The van der Waals surface area contributed by atoms with Crippen LogP contribution in [0, 0.1) is 5.92 Å². The fourth-order valence-electron chi connectivity index (χ4n) is 3.31. The van der Waals surface area contributed by atoms with Gasteiger partial charge in [-0.15, -0.1) is 11.3 Å². The van der Waals surface area contributed by atoms with Crippen molar-refractivity contribution in [2.24, 2.45) is 5.92 Å². The average Bonchev–Trinajstić information content (AvgIpc) is 3.39. The molecular weight excluding hydrogens is 358 g/mol. The molecular formula is C20H21N5OS. The number of carbonyl (C=O) groups is 1. The van der Waals surface area contributed by atoms with Crippen molar-refractivity contribution in [2.45, 2.75) is 25.8 Å². The predicted octanol–water partition coefficient (Wildman–Crippen LogP) is 3.54. The number of hydrogen-bond acceptors (Lipinski definition) is 5. The van der Waals surface area contributed by atoms with Gasteiger partial charge in [-0.05, 0) is 30.7 Å². The Morgan fingerprint density at radius 1 is 1.30 bits per heavy atom. The third kappa shape index (κ3) is 3.98. The lowest BCUT2D eigenvalue weighted by molar-refractivity contribution is -0.125. The van der Waals surface area contributed by atoms with Crippen molar-refractivity contribution in [1.29, 1.82) is 0 Å². The largest absolute Gasteiger partial charge is 0.354 e. The van der Waals surface area contributed by atoms with E-state index in [0.29, 0.717) is 13.1 Å². The van der Waals surface area contributed by atoms with Gasteiger partial charge in [0, 0.05) is 30.4 Å². The second kappa shape index (κ2) is 8.26. The molecule has 1 amide bonds. The molecule has 0 aliphatic heterocycles. The monoisotopic (exact) mass is 379 g/mol. The maximum Gasteiger partial charge on any atom is 0.223 e. The minimum atomic E-state index is 0.0968. The molecule has 7 heteroatoms. The van der Waals surface area contributed by atoms with Gasteiger partial charge in [-0.2, -0.15) is 5.10 Å². The van der Waals surface area contributed by atoms with Gasteiger partial charge in [0.05, 0.1) is 35.2 Å². The SMILES string of the molecule is O=C(NCCn1ncc(-c2cnccn2)c1-c1cccs1)[C@@H]1CC=CCC1. The molecule has 138 valence electrons. The maximum absolute atomic E-state index is 12.3. The number of carbonyl (C=O) groups excluding carboxylic acids is 1. The molecule has 3 heterocycles. The van der Waals surface area contributed by atoms with Crippen LogP contribution in [0.2, 0.25) is 0 Å². The normalized spacial score (nSPS) is 16.4. The molecule has 3 aromatic heterocycles. The number of hydrogen-bond donors (Lipinski definition) is 1. The van der Waals surface area contributed by atoms with Crippen molar-refractivity contribution < 1.29 is 4.79 Å². The summed E-state index contributed by atoms with van der Waals surface area (Å²) < 4.78 is 1.94. The molecule has 0 unspecified atom stereocenters. The molecule has 0 fully saturated rings. The Labute approximate surface area is 162 Å². The van der Waals surface area contributed by atoms with Gasteiger partial charge in [0.2, 0.25) is 5.91 Å². The standard InChI is InChI=1S/C20H21N5OS/c26-20(15-5-2-1-3-6-15)23-10-11-25-19(18-7-4-12-27-18)16(13-24-25)17-14-21-8-9-22-17/h1-2,4,7-9,12-15H,3,5-6,10-11H2,(H,23,26)/t15-/m1/s1. The van der Waals surface area contributed by atoms with Gasteiger partial charge in [-0.25, -0.2) is 0 Å². The molecule has 1 atom stereocenters. The van der Waals surface area contributed by atoms with Crippen molar-refractivity contribution >= 4 is 17.2 Å². The summed E-state index contributed by atoms with van der Waals surface area (Å²) in [6, 6.07) is 4.10. The third-order valence-corrected chi connectivity index (χ3v) is 5.57. The summed E-state index contributed by atoms with van der Waals surface area (Å²) in [6.45, 7) is 1.17. The molecule has 0 spiro atoms. The van der Waals surface area contributed by atoms with E-state index in [2.05, 4.69) is 38.6 Å². The Morgan fingerprint density at radius 2 is 2.26 bits per heavy atom. The molecule has 3 aromatic rings. The van der Waals surface area contributed by atoms with E-state index in [1.807, 2.05) is 22.3 Å². The first kappa shape index (κ1) is 17.6. The van der Waals surface area contributed by atoms with Gasteiger partial charge in [0.1, 0.15) is 0 Å². The molecule has 6 nitrogen and oxygen atoms in total. The van der Waals surface area contributed by atoms with Crippen LogP contribution < -0.4 is 5.32 Å². The molecule has 0 bridgehead atoms. The first-order valence-corrected chi connectivity index (χ1v) is 9.99. The van der Waals surface area contributed by atoms with Crippen molar-refractivity contribution in [1.82, 2.24) is 25.1 Å². The quantitative estimate of drug-likeness (QED) is 0.665. The van der Waals surface area contributed by atoms with Crippen LogP contribution >= 0.6 is 11.3 Å². The zero-order valence-corrected chi connectivity index (χ0v) is 15.7. The van der Waals surface area contributed by atoms with E-state index in [9.17, 15) is 4.79 Å². The summed E-state index contributed by atoms with van der Waals surface area (Å²) in [5, 5.41) is 9.66. The second-order valence-corrected chi connectivity index (χ2v) is 7.42. The number of rotatable bonds is 6. The minimum Gasteiger partial charge on any atom is -0.354 e. The zero-order chi connectivity index (χ0) is 18.5. The first-order valence-electron chi connectivity index (χ1n) is 9.11. The molecule has 1 aliphatic carbocycles. The molecule has 1 aliphatic rings. The van der Waals surface area contributed by atoms with E-state index in [-0.39, 0.29) is 11.8 Å². The van der Waals surface area contributed by atoms with Crippen molar-refractivity contribution in [3.8, 4) is 21.8 Å². The van der Waals surface area contributed by atoms with Crippen molar-refractivity contribution in [2.75, 3.05) is 6.54 Å². The van der Waals surface area contributed by atoms with Crippen LogP contribution in [0.25, 0.3) is 21.8 Å². The molecule has 0 saturated heterocycles. The van der Waals surface area contributed by atoms with E-state index in [4.69, 9.17) is 0 Å². The summed E-state index contributed by atoms with van der Waals surface area (Å²) >= 11 is 1.66. The number of allylic oxidation sites excluding steroid dienone is 2. The number of amides is 1. The minimum absolute atomic E-state index is 0.0968. The molecule has 27 heavy (non-hydrogen) atoms. The van der Waals surface area contributed by atoms with Gasteiger partial charge < -0.3 is 5.32 Å². The fraction of sp³-hybridized carbons (Fsp3) is 0.300. The lowest BCUT2D eigenvalue weighted by atomic mass is 9.94. The van der Waals surface area contributed by atoms with Crippen LogP contribution in [0.15, 0.2) is 54.5 Å². The van der Waals surface area contributed by atoms with Crippen LogP contribution in [-0.4, -0.2) is 32.2 Å². The topological polar surface area (TPSA) is 72.7 Å². The molecule has 4 rings (SSSR count). The Bertz CT molecular complexity index is 917. The van der Waals surface area contributed by atoms with E-state index in [0.717, 1.165) is 41.1 Å². The summed E-state index contributed by atoms with van der Waals surface area (Å²) in [7, 11) is 0. The number of nitrogens with zero attached hydrogens (tertiary/aromatic N) is 4. The van der Waals surface area contributed by atoms with Crippen LogP contribution in [0.1, 0.15) is 19.3 Å². The molecule has 0 radical (unpaired) electrons. The van der Waals surface area contributed by atoms with E-state index < -0.39 is 0 Å². The predicted molar refractivity (Wildman–Crippen MR) is 106 cm³/mol. The van der Waals surface area contributed by atoms with Gasteiger partial charge >= 0.3 is 0 Å². The highest BCUT2D eigenvalue weighted by Gasteiger charge is 2.19. The fourth-order valence-corrected chi connectivity index (χ4v) is 4.10. The van der Waals surface area contributed by atoms with Gasteiger partial charge in [0.25, 0.3) is 0 Å². The highest BCUT2D eigenvalue weighted by Crippen LogP contribution is 2.33. The van der Waals surface area contributed by atoms with Crippen LogP contribution in [0.5, 0.6) is 0 Å². The third-order valence-electron chi connectivity index (χ3n) is 4.70. The lowest BCUT2D eigenvalue weighted by Crippen LogP contribution is -2.33. The summed E-state index contributed by atoms with van der Waals surface area (Å²) in [4.78, 5) is 22.0. The average molecular weight is 379 g/mol.